The van der Waals surface area contributed by atoms with Gasteiger partial charge in [-0.2, -0.15) is 0 Å². The molecule has 0 radical (unpaired) electrons. The molecule has 19 heavy (non-hydrogen) atoms. The molecule has 1 fully saturated rings. The maximum absolute atomic E-state index is 11.8. The number of hydrogen-bond acceptors (Lipinski definition) is 4. The minimum atomic E-state index is -3.30. The van der Waals surface area contributed by atoms with Crippen LogP contribution in [-0.4, -0.2) is 38.4 Å². The monoisotopic (exact) mass is 290 g/mol. The fourth-order valence-electron chi connectivity index (χ4n) is 2.69. The lowest BCUT2D eigenvalue weighted by molar-refractivity contribution is -0.119. The number of nitrogens with two attached hydrogens (primary N) is 1. The van der Waals surface area contributed by atoms with E-state index in [0.717, 1.165) is 25.7 Å². The first kappa shape index (κ1) is 16.4. The summed E-state index contributed by atoms with van der Waals surface area (Å²) in [6.45, 7) is 4.21. The molecule has 5 nitrogen and oxygen atoms in total. The van der Waals surface area contributed by atoms with Crippen LogP contribution < -0.4 is 11.1 Å². The van der Waals surface area contributed by atoms with E-state index in [1.807, 2.05) is 13.8 Å². The van der Waals surface area contributed by atoms with E-state index < -0.39 is 15.6 Å². The van der Waals surface area contributed by atoms with Crippen molar-refractivity contribution < 1.29 is 13.2 Å². The molecule has 0 spiro atoms. The second kappa shape index (κ2) is 7.24. The lowest BCUT2D eigenvalue weighted by atomic mass is 9.84. The molecule has 0 heterocycles. The molecule has 0 aromatic carbocycles. The number of amides is 1. The van der Waals surface area contributed by atoms with E-state index in [-0.39, 0.29) is 29.5 Å². The molecule has 2 unspecified atom stereocenters. The second-order valence-electron chi connectivity index (χ2n) is 5.90. The minimum absolute atomic E-state index is 0.0421. The maximum Gasteiger partial charge on any atom is 0.235 e. The summed E-state index contributed by atoms with van der Waals surface area (Å²) >= 11 is 0. The highest BCUT2D eigenvalue weighted by molar-refractivity contribution is 7.92. The Bertz CT molecular complexity index is 393. The van der Waals surface area contributed by atoms with Crippen molar-refractivity contribution >= 4 is 15.7 Å². The van der Waals surface area contributed by atoms with Crippen LogP contribution in [0.25, 0.3) is 0 Å². The van der Waals surface area contributed by atoms with Gasteiger partial charge in [-0.05, 0) is 31.2 Å². The van der Waals surface area contributed by atoms with E-state index in [1.165, 1.54) is 0 Å². The third-order valence-electron chi connectivity index (χ3n) is 3.50. The van der Waals surface area contributed by atoms with Crippen molar-refractivity contribution in [2.24, 2.45) is 17.6 Å². The van der Waals surface area contributed by atoms with E-state index in [1.54, 1.807) is 0 Å². The molecule has 1 saturated carbocycles. The smallest absolute Gasteiger partial charge is 0.235 e. The summed E-state index contributed by atoms with van der Waals surface area (Å²) < 4.78 is 23.5. The predicted molar refractivity (Wildman–Crippen MR) is 76.4 cm³/mol. The zero-order chi connectivity index (χ0) is 14.5. The number of carbonyl (C=O) groups is 1. The average molecular weight is 290 g/mol. The van der Waals surface area contributed by atoms with Gasteiger partial charge in [0.2, 0.25) is 5.91 Å². The molecule has 0 saturated heterocycles. The molecule has 1 aliphatic carbocycles. The molecule has 1 rings (SSSR count). The Balaban J connectivity index is 2.50. The Labute approximate surface area is 116 Å². The van der Waals surface area contributed by atoms with Gasteiger partial charge in [-0.25, -0.2) is 8.42 Å². The summed E-state index contributed by atoms with van der Waals surface area (Å²) in [5.74, 6) is -0.398. The SMILES string of the molecule is CC(C)CS(=O)(=O)CC(=O)NC1CCCCC1CN. The molecule has 3 N–H and O–H groups in total. The standard InChI is InChI=1S/C13H26N2O3S/c1-10(2)8-19(17,18)9-13(16)15-12-6-4-3-5-11(12)7-14/h10-12H,3-9,14H2,1-2H3,(H,15,16). The molecule has 0 aromatic rings. The van der Waals surface area contributed by atoms with Gasteiger partial charge in [0, 0.05) is 6.04 Å². The normalized spacial score (nSPS) is 24.4. The van der Waals surface area contributed by atoms with E-state index in [4.69, 9.17) is 5.73 Å². The molecular weight excluding hydrogens is 264 g/mol. The molecule has 0 aromatic heterocycles. The summed E-state index contributed by atoms with van der Waals surface area (Å²) in [4.78, 5) is 11.8. The Morgan fingerprint density at radius 2 is 1.95 bits per heavy atom. The zero-order valence-electron chi connectivity index (χ0n) is 11.9. The average Bonchev–Trinajstić information content (AvgIpc) is 2.26. The van der Waals surface area contributed by atoms with Crippen LogP contribution in [0.15, 0.2) is 0 Å². The fourth-order valence-corrected chi connectivity index (χ4v) is 4.31. The van der Waals surface area contributed by atoms with Crippen molar-refractivity contribution in [3.63, 3.8) is 0 Å². The Kier molecular flexibility index (Phi) is 6.26. The Morgan fingerprint density at radius 3 is 2.53 bits per heavy atom. The highest BCUT2D eigenvalue weighted by Crippen LogP contribution is 2.23. The Hall–Kier alpha value is -0.620. The topological polar surface area (TPSA) is 89.3 Å². The van der Waals surface area contributed by atoms with Gasteiger partial charge < -0.3 is 11.1 Å². The maximum atomic E-state index is 11.8. The van der Waals surface area contributed by atoms with Crippen molar-refractivity contribution in [1.82, 2.24) is 5.32 Å². The van der Waals surface area contributed by atoms with E-state index in [2.05, 4.69) is 5.32 Å². The molecule has 1 aliphatic rings. The summed E-state index contributed by atoms with van der Waals surface area (Å²) in [5.41, 5.74) is 5.69. The van der Waals surface area contributed by atoms with Crippen LogP contribution in [0, 0.1) is 11.8 Å². The number of sulfone groups is 1. The van der Waals surface area contributed by atoms with Gasteiger partial charge in [-0.15, -0.1) is 0 Å². The summed E-state index contributed by atoms with van der Waals surface area (Å²) in [6.07, 6.45) is 4.12. The quantitative estimate of drug-likeness (QED) is 0.753. The largest absolute Gasteiger partial charge is 0.352 e. The molecule has 1 amide bonds. The number of rotatable bonds is 6. The lowest BCUT2D eigenvalue weighted by Gasteiger charge is -2.31. The van der Waals surface area contributed by atoms with Gasteiger partial charge in [0.1, 0.15) is 5.75 Å². The molecular formula is C13H26N2O3S. The van der Waals surface area contributed by atoms with E-state index in [0.29, 0.717) is 6.54 Å². The van der Waals surface area contributed by atoms with Crippen molar-refractivity contribution in [3.05, 3.63) is 0 Å². The van der Waals surface area contributed by atoms with Crippen LogP contribution >= 0.6 is 0 Å². The molecule has 0 bridgehead atoms. The van der Waals surface area contributed by atoms with Crippen molar-refractivity contribution in [3.8, 4) is 0 Å². The number of nitrogens with one attached hydrogen (secondary N) is 1. The predicted octanol–water partition coefficient (Wildman–Crippen LogP) is 0.691. The first-order valence-corrected chi connectivity index (χ1v) is 8.86. The summed E-state index contributed by atoms with van der Waals surface area (Å²) in [6, 6.07) is 0.0421. The first-order chi connectivity index (χ1) is 8.84. The van der Waals surface area contributed by atoms with Gasteiger partial charge in [-0.3, -0.25) is 4.79 Å². The van der Waals surface area contributed by atoms with Crippen LogP contribution in [0.2, 0.25) is 0 Å². The second-order valence-corrected chi connectivity index (χ2v) is 8.01. The van der Waals surface area contributed by atoms with Crippen molar-refractivity contribution in [2.75, 3.05) is 18.1 Å². The van der Waals surface area contributed by atoms with Crippen molar-refractivity contribution in [2.45, 2.75) is 45.6 Å². The third-order valence-corrected chi connectivity index (χ3v) is 5.37. The van der Waals surface area contributed by atoms with Gasteiger partial charge in [-0.1, -0.05) is 26.7 Å². The molecule has 6 heteroatoms. The van der Waals surface area contributed by atoms with Crippen LogP contribution in [0.5, 0.6) is 0 Å². The minimum Gasteiger partial charge on any atom is -0.352 e. The Morgan fingerprint density at radius 1 is 1.32 bits per heavy atom. The van der Waals surface area contributed by atoms with E-state index >= 15 is 0 Å². The molecule has 0 aliphatic heterocycles. The highest BCUT2D eigenvalue weighted by atomic mass is 32.2. The first-order valence-electron chi connectivity index (χ1n) is 7.04. The summed E-state index contributed by atoms with van der Waals surface area (Å²) in [5, 5.41) is 2.85. The van der Waals surface area contributed by atoms with Crippen LogP contribution in [-0.2, 0) is 14.6 Å². The number of hydrogen-bond donors (Lipinski definition) is 2. The summed E-state index contributed by atoms with van der Waals surface area (Å²) in [7, 11) is -3.30. The van der Waals surface area contributed by atoms with Crippen LogP contribution in [0.1, 0.15) is 39.5 Å². The van der Waals surface area contributed by atoms with Crippen LogP contribution in [0.4, 0.5) is 0 Å². The van der Waals surface area contributed by atoms with Gasteiger partial charge in [0.25, 0.3) is 0 Å². The van der Waals surface area contributed by atoms with E-state index in [9.17, 15) is 13.2 Å². The fraction of sp³-hybridized carbons (Fsp3) is 0.923. The zero-order valence-corrected chi connectivity index (χ0v) is 12.7. The lowest BCUT2D eigenvalue weighted by Crippen LogP contribution is -2.46. The van der Waals surface area contributed by atoms with Crippen LogP contribution in [0.3, 0.4) is 0 Å². The molecule has 112 valence electrons. The van der Waals surface area contributed by atoms with Gasteiger partial charge in [0.15, 0.2) is 9.84 Å². The third kappa shape index (κ3) is 5.91. The molecule has 2 atom stereocenters. The van der Waals surface area contributed by atoms with Gasteiger partial charge >= 0.3 is 0 Å². The van der Waals surface area contributed by atoms with Gasteiger partial charge in [0.05, 0.1) is 5.75 Å². The highest BCUT2D eigenvalue weighted by Gasteiger charge is 2.27. The number of carbonyl (C=O) groups excluding carboxylic acids is 1. The van der Waals surface area contributed by atoms with Crippen molar-refractivity contribution in [1.29, 1.82) is 0 Å².